The van der Waals surface area contributed by atoms with E-state index in [1.165, 1.54) is 0 Å². The molecule has 1 heterocycles. The zero-order valence-corrected chi connectivity index (χ0v) is 15.0. The van der Waals surface area contributed by atoms with Crippen LogP contribution in [0.25, 0.3) is 10.8 Å². The van der Waals surface area contributed by atoms with E-state index in [2.05, 4.69) is 26.2 Å². The van der Waals surface area contributed by atoms with Crippen LogP contribution in [0.15, 0.2) is 59.2 Å². The molecule has 3 aromatic rings. The Morgan fingerprint density at radius 3 is 2.76 bits per heavy atom. The number of nitrogens with one attached hydrogen (secondary N) is 1. The number of aromatic nitrogens is 1. The molecule has 0 atom stereocenters. The lowest BCUT2D eigenvalue weighted by molar-refractivity contribution is -0.119. The summed E-state index contributed by atoms with van der Waals surface area (Å²) in [6.45, 7) is 1.55. The molecule has 126 valence electrons. The number of rotatable bonds is 4. The molecular weight excluding hydrogens is 384 g/mol. The monoisotopic (exact) mass is 398 g/mol. The molecule has 0 radical (unpaired) electrons. The number of carbonyl (C=O) groups is 2. The van der Waals surface area contributed by atoms with Gasteiger partial charge in [-0.2, -0.15) is 0 Å². The zero-order valence-electron chi connectivity index (χ0n) is 13.5. The quantitative estimate of drug-likeness (QED) is 0.671. The third-order valence-electron chi connectivity index (χ3n) is 3.64. The average Bonchev–Trinajstić information content (AvgIpc) is 2.62. The summed E-state index contributed by atoms with van der Waals surface area (Å²) < 4.78 is 6.06. The second-order valence-electron chi connectivity index (χ2n) is 5.47. The highest BCUT2D eigenvalue weighted by Gasteiger charge is 2.15. The van der Waals surface area contributed by atoms with Crippen LogP contribution >= 0.6 is 15.9 Å². The van der Waals surface area contributed by atoms with Crippen LogP contribution in [0, 0.1) is 6.92 Å². The molecule has 0 aliphatic rings. The minimum Gasteiger partial charge on any atom is -0.451 e. The van der Waals surface area contributed by atoms with Crippen molar-refractivity contribution in [3.8, 4) is 0 Å². The van der Waals surface area contributed by atoms with Gasteiger partial charge >= 0.3 is 5.97 Å². The predicted octanol–water partition coefficient (Wildman–Crippen LogP) is 4.10. The molecule has 0 fully saturated rings. The third kappa shape index (κ3) is 4.03. The summed E-state index contributed by atoms with van der Waals surface area (Å²) in [7, 11) is 0. The lowest BCUT2D eigenvalue weighted by atomic mass is 10.1. The molecule has 0 saturated heterocycles. The summed E-state index contributed by atoms with van der Waals surface area (Å²) in [4.78, 5) is 28.3. The summed E-state index contributed by atoms with van der Waals surface area (Å²) in [5.74, 6) is -1.03. The molecule has 25 heavy (non-hydrogen) atoms. The Kier molecular flexibility index (Phi) is 5.09. The maximum absolute atomic E-state index is 12.2. The lowest BCUT2D eigenvalue weighted by Crippen LogP contribution is -2.21. The molecular formula is C19H15BrN2O3. The first-order valence-corrected chi connectivity index (χ1v) is 8.41. The van der Waals surface area contributed by atoms with E-state index >= 15 is 0 Å². The molecule has 1 amide bonds. The van der Waals surface area contributed by atoms with Gasteiger partial charge in [-0.25, -0.2) is 9.78 Å². The number of hydrogen-bond donors (Lipinski definition) is 1. The normalized spacial score (nSPS) is 10.5. The van der Waals surface area contributed by atoms with Crippen LogP contribution in [-0.2, 0) is 9.53 Å². The number of anilines is 1. The van der Waals surface area contributed by atoms with Gasteiger partial charge in [0.05, 0.1) is 0 Å². The van der Waals surface area contributed by atoms with Crippen molar-refractivity contribution in [2.24, 2.45) is 0 Å². The van der Waals surface area contributed by atoms with Crippen molar-refractivity contribution in [2.45, 2.75) is 6.92 Å². The molecule has 0 bridgehead atoms. The predicted molar refractivity (Wildman–Crippen MR) is 99.5 cm³/mol. The second kappa shape index (κ2) is 7.44. The Morgan fingerprint density at radius 1 is 1.16 bits per heavy atom. The third-order valence-corrected chi connectivity index (χ3v) is 4.53. The fourth-order valence-corrected chi connectivity index (χ4v) is 2.65. The zero-order chi connectivity index (χ0) is 17.8. The lowest BCUT2D eigenvalue weighted by Gasteiger charge is -2.08. The van der Waals surface area contributed by atoms with E-state index in [0.29, 0.717) is 11.1 Å². The summed E-state index contributed by atoms with van der Waals surface area (Å²) in [5, 5.41) is 4.28. The SMILES string of the molecule is Cc1cc(NC(=O)COC(=O)c2nccc3ccccc23)ccc1Br. The van der Waals surface area contributed by atoms with E-state index in [1.54, 1.807) is 18.3 Å². The molecule has 0 saturated carbocycles. The number of aryl methyl sites for hydroxylation is 1. The number of nitrogens with zero attached hydrogens (tertiary/aromatic N) is 1. The first-order valence-electron chi connectivity index (χ1n) is 7.61. The van der Waals surface area contributed by atoms with Gasteiger partial charge in [0.25, 0.3) is 5.91 Å². The summed E-state index contributed by atoms with van der Waals surface area (Å²) in [6.07, 6.45) is 1.55. The van der Waals surface area contributed by atoms with Crippen LogP contribution in [0.3, 0.4) is 0 Å². The highest BCUT2D eigenvalue weighted by atomic mass is 79.9. The molecule has 0 spiro atoms. The number of amides is 1. The van der Waals surface area contributed by atoms with E-state index in [1.807, 2.05) is 43.3 Å². The number of pyridine rings is 1. The molecule has 0 unspecified atom stereocenters. The van der Waals surface area contributed by atoms with Gasteiger partial charge in [-0.15, -0.1) is 0 Å². The van der Waals surface area contributed by atoms with Crippen molar-refractivity contribution in [2.75, 3.05) is 11.9 Å². The van der Waals surface area contributed by atoms with Gasteiger partial charge in [-0.05, 0) is 42.1 Å². The Morgan fingerprint density at radius 2 is 1.96 bits per heavy atom. The molecule has 0 aliphatic carbocycles. The van der Waals surface area contributed by atoms with Crippen LogP contribution in [0.2, 0.25) is 0 Å². The number of hydrogen-bond acceptors (Lipinski definition) is 4. The number of carbonyl (C=O) groups excluding carboxylic acids is 2. The minimum absolute atomic E-state index is 0.199. The van der Waals surface area contributed by atoms with Gasteiger partial charge in [0, 0.05) is 21.7 Å². The number of fused-ring (bicyclic) bond motifs is 1. The first kappa shape index (κ1) is 17.1. The van der Waals surface area contributed by atoms with Gasteiger partial charge in [0.2, 0.25) is 0 Å². The Bertz CT molecular complexity index is 951. The highest BCUT2D eigenvalue weighted by Crippen LogP contribution is 2.20. The molecule has 3 rings (SSSR count). The van der Waals surface area contributed by atoms with Crippen molar-refractivity contribution >= 4 is 44.3 Å². The minimum atomic E-state index is -0.626. The van der Waals surface area contributed by atoms with Crippen molar-refractivity contribution in [3.63, 3.8) is 0 Å². The first-order chi connectivity index (χ1) is 12.0. The number of benzene rings is 2. The summed E-state index contributed by atoms with van der Waals surface area (Å²) in [6, 6.07) is 14.6. The van der Waals surface area contributed by atoms with Crippen LogP contribution in [0.5, 0.6) is 0 Å². The largest absolute Gasteiger partial charge is 0.451 e. The van der Waals surface area contributed by atoms with Gasteiger partial charge in [-0.3, -0.25) is 4.79 Å². The highest BCUT2D eigenvalue weighted by molar-refractivity contribution is 9.10. The Labute approximate surface area is 153 Å². The fraction of sp³-hybridized carbons (Fsp3) is 0.105. The van der Waals surface area contributed by atoms with E-state index in [0.717, 1.165) is 15.4 Å². The fourth-order valence-electron chi connectivity index (χ4n) is 2.40. The van der Waals surface area contributed by atoms with Gasteiger partial charge in [-0.1, -0.05) is 40.2 Å². The molecule has 1 N–H and O–H groups in total. The molecule has 6 heteroatoms. The molecule has 0 aliphatic heterocycles. The number of halogens is 1. The van der Waals surface area contributed by atoms with Gasteiger partial charge in [0.1, 0.15) is 0 Å². The standard InChI is InChI=1S/C19H15BrN2O3/c1-12-10-14(6-7-16(12)20)22-17(23)11-25-19(24)18-15-5-3-2-4-13(15)8-9-21-18/h2-10H,11H2,1H3,(H,22,23). The van der Waals surface area contributed by atoms with Crippen molar-refractivity contribution < 1.29 is 14.3 Å². The van der Waals surface area contributed by atoms with Crippen LogP contribution in [0.4, 0.5) is 5.69 Å². The maximum Gasteiger partial charge on any atom is 0.358 e. The summed E-state index contributed by atoms with van der Waals surface area (Å²) >= 11 is 3.40. The van der Waals surface area contributed by atoms with Crippen LogP contribution in [0.1, 0.15) is 16.1 Å². The van der Waals surface area contributed by atoms with Crippen molar-refractivity contribution in [1.82, 2.24) is 4.98 Å². The van der Waals surface area contributed by atoms with Crippen molar-refractivity contribution in [1.29, 1.82) is 0 Å². The molecule has 2 aromatic carbocycles. The topological polar surface area (TPSA) is 68.3 Å². The van der Waals surface area contributed by atoms with Gasteiger partial charge in [0.15, 0.2) is 12.3 Å². The van der Waals surface area contributed by atoms with Crippen LogP contribution < -0.4 is 5.32 Å². The Balaban J connectivity index is 1.65. The maximum atomic E-state index is 12.2. The van der Waals surface area contributed by atoms with Crippen LogP contribution in [-0.4, -0.2) is 23.5 Å². The van der Waals surface area contributed by atoms with E-state index in [-0.39, 0.29) is 12.3 Å². The van der Waals surface area contributed by atoms with E-state index in [9.17, 15) is 9.59 Å². The average molecular weight is 399 g/mol. The van der Waals surface area contributed by atoms with E-state index in [4.69, 9.17) is 4.74 Å². The van der Waals surface area contributed by atoms with Gasteiger partial charge < -0.3 is 10.1 Å². The Hall–Kier alpha value is -2.73. The summed E-state index contributed by atoms with van der Waals surface area (Å²) in [5.41, 5.74) is 1.84. The van der Waals surface area contributed by atoms with E-state index < -0.39 is 11.9 Å². The smallest absolute Gasteiger partial charge is 0.358 e. The number of ether oxygens (including phenoxy) is 1. The number of esters is 1. The molecule has 1 aromatic heterocycles. The molecule has 5 nitrogen and oxygen atoms in total. The second-order valence-corrected chi connectivity index (χ2v) is 6.32. The van der Waals surface area contributed by atoms with Crippen molar-refractivity contribution in [3.05, 3.63) is 70.5 Å².